The number of hydrogen-bond acceptors (Lipinski definition) is 5. The van der Waals surface area contributed by atoms with Gasteiger partial charge in [-0.05, 0) is 18.9 Å². The molecule has 1 aromatic rings. The molecule has 0 saturated carbocycles. The van der Waals surface area contributed by atoms with Gasteiger partial charge in [0.2, 0.25) is 0 Å². The van der Waals surface area contributed by atoms with E-state index in [0.717, 1.165) is 12.8 Å². The Hall–Kier alpha value is -2.68. The molecule has 1 N–H and O–H groups in total. The summed E-state index contributed by atoms with van der Waals surface area (Å²) in [6.07, 6.45) is 1.32. The molecule has 2 heterocycles. The fourth-order valence-corrected chi connectivity index (χ4v) is 3.01. The van der Waals surface area contributed by atoms with Crippen molar-refractivity contribution in [2.45, 2.75) is 18.9 Å². The second kappa shape index (κ2) is 7.47. The van der Waals surface area contributed by atoms with Crippen molar-refractivity contribution in [3.05, 3.63) is 34.4 Å². The zero-order chi connectivity index (χ0) is 17.8. The minimum atomic E-state index is -0.509. The summed E-state index contributed by atoms with van der Waals surface area (Å²) in [5, 5.41) is 13.4. The van der Waals surface area contributed by atoms with E-state index in [1.54, 1.807) is 15.9 Å². The van der Waals surface area contributed by atoms with Crippen LogP contribution in [0.5, 0.6) is 0 Å². The molecule has 2 fully saturated rings. The summed E-state index contributed by atoms with van der Waals surface area (Å²) in [4.78, 5) is 38.2. The van der Waals surface area contributed by atoms with Crippen LogP contribution >= 0.6 is 0 Å². The number of nitro groups is 1. The third kappa shape index (κ3) is 4.05. The highest BCUT2D eigenvalue weighted by Crippen LogP contribution is 2.19. The van der Waals surface area contributed by atoms with Gasteiger partial charge in [-0.25, -0.2) is 4.79 Å². The number of benzene rings is 1. The monoisotopic (exact) mass is 348 g/mol. The Morgan fingerprint density at radius 1 is 1.20 bits per heavy atom. The van der Waals surface area contributed by atoms with Gasteiger partial charge in [0.15, 0.2) is 0 Å². The lowest BCUT2D eigenvalue weighted by atomic mass is 10.2. The summed E-state index contributed by atoms with van der Waals surface area (Å²) >= 11 is 0. The average molecular weight is 348 g/mol. The van der Waals surface area contributed by atoms with Crippen LogP contribution in [0.3, 0.4) is 0 Å². The first-order valence-electron chi connectivity index (χ1n) is 8.25. The van der Waals surface area contributed by atoms with Crippen LogP contribution in [0, 0.1) is 10.1 Å². The number of rotatable bonds is 3. The van der Waals surface area contributed by atoms with E-state index in [2.05, 4.69) is 5.32 Å². The first-order chi connectivity index (χ1) is 12.0. The van der Waals surface area contributed by atoms with E-state index in [4.69, 9.17) is 4.74 Å². The second-order valence-electron chi connectivity index (χ2n) is 6.05. The molecule has 134 valence electrons. The number of anilines is 1. The second-order valence-corrected chi connectivity index (χ2v) is 6.05. The molecular formula is C16H20N4O5. The van der Waals surface area contributed by atoms with E-state index >= 15 is 0 Å². The maximum absolute atomic E-state index is 12.3. The smallest absolute Gasteiger partial charge is 0.321 e. The Morgan fingerprint density at radius 2 is 1.92 bits per heavy atom. The Bertz CT molecular complexity index is 666. The van der Waals surface area contributed by atoms with Gasteiger partial charge in [-0.15, -0.1) is 0 Å². The van der Waals surface area contributed by atoms with Gasteiger partial charge in [-0.2, -0.15) is 0 Å². The van der Waals surface area contributed by atoms with Gasteiger partial charge in [0, 0.05) is 50.6 Å². The Morgan fingerprint density at radius 3 is 2.56 bits per heavy atom. The molecule has 25 heavy (non-hydrogen) atoms. The largest absolute Gasteiger partial charge is 0.368 e. The molecule has 0 aliphatic carbocycles. The lowest BCUT2D eigenvalue weighted by molar-refractivity contribution is -0.384. The van der Waals surface area contributed by atoms with Crippen LogP contribution in [0.1, 0.15) is 12.8 Å². The topological polar surface area (TPSA) is 105 Å². The van der Waals surface area contributed by atoms with Crippen LogP contribution in [-0.4, -0.2) is 65.6 Å². The van der Waals surface area contributed by atoms with Gasteiger partial charge in [-0.1, -0.05) is 6.07 Å². The number of nitro benzene ring substituents is 1. The van der Waals surface area contributed by atoms with Gasteiger partial charge in [0.25, 0.3) is 11.6 Å². The Labute approximate surface area is 144 Å². The number of carbonyl (C=O) groups excluding carboxylic acids is 2. The fourth-order valence-electron chi connectivity index (χ4n) is 3.01. The first kappa shape index (κ1) is 17.2. The Balaban J connectivity index is 1.52. The summed E-state index contributed by atoms with van der Waals surface area (Å²) in [6, 6.07) is 5.47. The maximum Gasteiger partial charge on any atom is 0.321 e. The zero-order valence-electron chi connectivity index (χ0n) is 13.7. The molecule has 0 spiro atoms. The molecule has 9 nitrogen and oxygen atoms in total. The number of piperazine rings is 1. The third-order valence-electron chi connectivity index (χ3n) is 4.39. The summed E-state index contributed by atoms with van der Waals surface area (Å²) < 4.78 is 5.41. The number of nitrogens with zero attached hydrogens (tertiary/aromatic N) is 3. The highest BCUT2D eigenvalue weighted by molar-refractivity contribution is 5.90. The number of amides is 3. The molecule has 0 aromatic heterocycles. The van der Waals surface area contributed by atoms with E-state index in [1.807, 2.05) is 0 Å². The number of ether oxygens (including phenoxy) is 1. The van der Waals surface area contributed by atoms with Gasteiger partial charge in [-0.3, -0.25) is 14.9 Å². The standard InChI is InChI=1S/C16H20N4O5/c21-15(14-5-2-10-25-14)18-6-8-19(9-7-18)16(22)17-12-3-1-4-13(11-12)20(23)24/h1,3-4,11,14H,2,5-10H2,(H,17,22). The van der Waals surface area contributed by atoms with E-state index < -0.39 is 4.92 Å². The highest BCUT2D eigenvalue weighted by Gasteiger charge is 2.31. The van der Waals surface area contributed by atoms with Crippen LogP contribution in [0.2, 0.25) is 0 Å². The maximum atomic E-state index is 12.3. The number of nitrogens with one attached hydrogen (secondary N) is 1. The molecule has 3 rings (SSSR count). The molecular weight excluding hydrogens is 328 g/mol. The highest BCUT2D eigenvalue weighted by atomic mass is 16.6. The van der Waals surface area contributed by atoms with Crippen molar-refractivity contribution in [2.75, 3.05) is 38.1 Å². The lowest BCUT2D eigenvalue weighted by Crippen LogP contribution is -2.53. The van der Waals surface area contributed by atoms with Crippen molar-refractivity contribution in [3.63, 3.8) is 0 Å². The van der Waals surface area contributed by atoms with Crippen molar-refractivity contribution in [3.8, 4) is 0 Å². The average Bonchev–Trinajstić information content (AvgIpc) is 3.16. The van der Waals surface area contributed by atoms with Gasteiger partial charge < -0.3 is 19.9 Å². The van der Waals surface area contributed by atoms with Crippen LogP contribution in [0.25, 0.3) is 0 Å². The molecule has 1 atom stereocenters. The van der Waals surface area contributed by atoms with Crippen molar-refractivity contribution < 1.29 is 19.2 Å². The predicted molar refractivity (Wildman–Crippen MR) is 89.2 cm³/mol. The van der Waals surface area contributed by atoms with Crippen LogP contribution < -0.4 is 5.32 Å². The summed E-state index contributed by atoms with van der Waals surface area (Å²) in [5.74, 6) is -0.00348. The van der Waals surface area contributed by atoms with E-state index in [0.29, 0.717) is 38.5 Å². The van der Waals surface area contributed by atoms with E-state index in [9.17, 15) is 19.7 Å². The number of hydrogen-bond donors (Lipinski definition) is 1. The van der Waals surface area contributed by atoms with Crippen molar-refractivity contribution in [1.29, 1.82) is 0 Å². The van der Waals surface area contributed by atoms with Gasteiger partial charge in [0.1, 0.15) is 6.10 Å². The SMILES string of the molecule is O=C(Nc1cccc([N+](=O)[O-])c1)N1CCN(C(=O)C2CCCO2)CC1. The van der Waals surface area contributed by atoms with E-state index in [1.165, 1.54) is 18.2 Å². The minimum absolute atomic E-state index is 0.00348. The molecule has 2 aliphatic heterocycles. The molecule has 2 aliphatic rings. The molecule has 3 amide bonds. The molecule has 1 aromatic carbocycles. The number of urea groups is 1. The van der Waals surface area contributed by atoms with Crippen LogP contribution in [0.4, 0.5) is 16.2 Å². The normalized spacial score (nSPS) is 20.4. The number of carbonyl (C=O) groups is 2. The molecule has 0 bridgehead atoms. The zero-order valence-corrected chi connectivity index (χ0v) is 13.7. The number of non-ortho nitro benzene ring substituents is 1. The predicted octanol–water partition coefficient (Wildman–Crippen LogP) is 1.45. The van der Waals surface area contributed by atoms with Crippen LogP contribution in [-0.2, 0) is 9.53 Å². The summed E-state index contributed by atoms with van der Waals surface area (Å²) in [6.45, 7) is 2.38. The van der Waals surface area contributed by atoms with Crippen molar-refractivity contribution in [2.24, 2.45) is 0 Å². The summed E-state index contributed by atoms with van der Waals surface area (Å²) in [5.41, 5.74) is 0.293. The quantitative estimate of drug-likeness (QED) is 0.657. The van der Waals surface area contributed by atoms with Crippen molar-refractivity contribution in [1.82, 2.24) is 9.80 Å². The molecule has 1 unspecified atom stereocenters. The van der Waals surface area contributed by atoms with Gasteiger partial charge in [0.05, 0.1) is 4.92 Å². The molecule has 0 radical (unpaired) electrons. The van der Waals surface area contributed by atoms with Crippen molar-refractivity contribution >= 4 is 23.3 Å². The third-order valence-corrected chi connectivity index (χ3v) is 4.39. The lowest BCUT2D eigenvalue weighted by Gasteiger charge is -2.35. The fraction of sp³-hybridized carbons (Fsp3) is 0.500. The Kier molecular flexibility index (Phi) is 5.13. The summed E-state index contributed by atoms with van der Waals surface area (Å²) in [7, 11) is 0. The molecule has 2 saturated heterocycles. The minimum Gasteiger partial charge on any atom is -0.368 e. The first-order valence-corrected chi connectivity index (χ1v) is 8.25. The molecule has 9 heteroatoms. The van der Waals surface area contributed by atoms with Crippen LogP contribution in [0.15, 0.2) is 24.3 Å². The van der Waals surface area contributed by atoms with E-state index in [-0.39, 0.29) is 23.7 Å². The van der Waals surface area contributed by atoms with Gasteiger partial charge >= 0.3 is 6.03 Å².